The minimum absolute atomic E-state index is 0.350. The van der Waals surface area contributed by atoms with Crippen molar-refractivity contribution in [2.75, 3.05) is 4.90 Å². The van der Waals surface area contributed by atoms with E-state index in [1.54, 1.807) is 4.90 Å². The molecule has 4 nitrogen and oxygen atoms in total. The van der Waals surface area contributed by atoms with Crippen molar-refractivity contribution in [1.82, 2.24) is 0 Å². The van der Waals surface area contributed by atoms with E-state index in [2.05, 4.69) is 0 Å². The van der Waals surface area contributed by atoms with Crippen molar-refractivity contribution in [3.05, 3.63) is 65.7 Å². The van der Waals surface area contributed by atoms with Crippen molar-refractivity contribution in [3.63, 3.8) is 0 Å². The highest BCUT2D eigenvalue weighted by Gasteiger charge is 2.37. The zero-order chi connectivity index (χ0) is 17.2. The number of ether oxygens (including phenoxy) is 2. The highest BCUT2D eigenvalue weighted by atomic mass is 16.6. The van der Waals surface area contributed by atoms with Crippen LogP contribution in [-0.4, -0.2) is 17.9 Å². The molecule has 126 valence electrons. The van der Waals surface area contributed by atoms with Crippen molar-refractivity contribution in [2.45, 2.75) is 45.6 Å². The number of carbonyl (C=O) groups excluding carboxylic acids is 1. The molecule has 1 aliphatic rings. The molecule has 24 heavy (non-hydrogen) atoms. The lowest BCUT2D eigenvalue weighted by Gasteiger charge is -2.29. The number of nitrogens with zero attached hydrogens (tertiary/aromatic N) is 1. The van der Waals surface area contributed by atoms with Crippen molar-refractivity contribution >= 4 is 11.8 Å². The minimum Gasteiger partial charge on any atom is -0.443 e. The van der Waals surface area contributed by atoms with Gasteiger partial charge in [0, 0.05) is 6.42 Å². The van der Waals surface area contributed by atoms with Crippen LogP contribution < -0.4 is 4.90 Å². The maximum Gasteiger partial charge on any atom is 0.416 e. The van der Waals surface area contributed by atoms with Crippen molar-refractivity contribution in [1.29, 1.82) is 0 Å². The number of amides is 1. The van der Waals surface area contributed by atoms with Crippen LogP contribution in [0.25, 0.3) is 0 Å². The Kier molecular flexibility index (Phi) is 4.58. The molecule has 1 unspecified atom stereocenters. The van der Waals surface area contributed by atoms with Crippen LogP contribution in [-0.2, 0) is 22.5 Å². The normalized spacial score (nSPS) is 16.8. The molecule has 0 aliphatic carbocycles. The third-order valence-electron chi connectivity index (χ3n) is 3.81. The van der Waals surface area contributed by atoms with Gasteiger partial charge in [-0.3, -0.25) is 4.90 Å². The first-order chi connectivity index (χ1) is 11.4. The second-order valence-electron chi connectivity index (χ2n) is 6.93. The number of fused-ring (bicyclic) bond motifs is 1. The molecule has 0 radical (unpaired) electrons. The molecule has 0 fully saturated rings. The highest BCUT2D eigenvalue weighted by molar-refractivity contribution is 5.91. The summed E-state index contributed by atoms with van der Waals surface area (Å²) in [7, 11) is 0. The molecular formula is C20H23NO3. The molecule has 0 N–H and O–H groups in total. The molecule has 2 aromatic carbocycles. The number of hydrogen-bond donors (Lipinski definition) is 0. The van der Waals surface area contributed by atoms with E-state index in [0.717, 1.165) is 16.8 Å². The summed E-state index contributed by atoms with van der Waals surface area (Å²) in [5, 5.41) is 0. The van der Waals surface area contributed by atoms with Gasteiger partial charge >= 0.3 is 6.09 Å². The van der Waals surface area contributed by atoms with Gasteiger partial charge in [0.15, 0.2) is 0 Å². The molecule has 1 amide bonds. The van der Waals surface area contributed by atoms with Crippen LogP contribution >= 0.6 is 0 Å². The summed E-state index contributed by atoms with van der Waals surface area (Å²) in [4.78, 5) is 14.3. The minimum atomic E-state index is -0.543. The summed E-state index contributed by atoms with van der Waals surface area (Å²) in [5.41, 5.74) is 2.50. The van der Waals surface area contributed by atoms with Gasteiger partial charge in [-0.25, -0.2) is 4.79 Å². The van der Waals surface area contributed by atoms with Gasteiger partial charge in [-0.05, 0) is 38.0 Å². The maximum atomic E-state index is 12.7. The quantitative estimate of drug-likeness (QED) is 0.832. The highest BCUT2D eigenvalue weighted by Crippen LogP contribution is 2.34. The first-order valence-electron chi connectivity index (χ1n) is 8.20. The van der Waals surface area contributed by atoms with Gasteiger partial charge < -0.3 is 9.47 Å². The molecule has 0 saturated heterocycles. The smallest absolute Gasteiger partial charge is 0.416 e. The van der Waals surface area contributed by atoms with Crippen LogP contribution in [0.5, 0.6) is 0 Å². The third kappa shape index (κ3) is 3.77. The molecule has 0 aromatic heterocycles. The van der Waals surface area contributed by atoms with Gasteiger partial charge in [0.25, 0.3) is 0 Å². The summed E-state index contributed by atoms with van der Waals surface area (Å²) in [6.07, 6.45) is -0.0506. The topological polar surface area (TPSA) is 38.8 Å². The maximum absolute atomic E-state index is 12.7. The van der Waals surface area contributed by atoms with E-state index in [1.807, 2.05) is 75.4 Å². The van der Waals surface area contributed by atoms with E-state index in [0.29, 0.717) is 13.0 Å². The molecule has 1 atom stereocenters. The van der Waals surface area contributed by atoms with Gasteiger partial charge in [-0.2, -0.15) is 0 Å². The Hall–Kier alpha value is -2.33. The number of benzene rings is 2. The predicted molar refractivity (Wildman–Crippen MR) is 93.9 cm³/mol. The molecule has 1 heterocycles. The Morgan fingerprint density at radius 2 is 1.75 bits per heavy atom. The number of anilines is 1. The Morgan fingerprint density at radius 1 is 1.08 bits per heavy atom. The first kappa shape index (κ1) is 16.5. The van der Waals surface area contributed by atoms with Crippen LogP contribution in [0.15, 0.2) is 54.6 Å². The van der Waals surface area contributed by atoms with Crippen LogP contribution in [0.4, 0.5) is 10.5 Å². The summed E-state index contributed by atoms with van der Waals surface area (Å²) >= 11 is 0. The standard InChI is InChI=1S/C20H23NO3/c1-20(2,3)24-19(22)21-17-12-8-7-11-16(17)13-18(21)23-14-15-9-5-4-6-10-15/h4-12,18H,13-14H2,1-3H3. The molecule has 2 aromatic rings. The van der Waals surface area contributed by atoms with Crippen molar-refractivity contribution in [3.8, 4) is 0 Å². The summed E-state index contributed by atoms with van der Waals surface area (Å²) in [5.74, 6) is 0. The van der Waals surface area contributed by atoms with E-state index in [-0.39, 0.29) is 12.3 Å². The van der Waals surface area contributed by atoms with Gasteiger partial charge in [0.2, 0.25) is 0 Å². The number of rotatable bonds is 3. The molecule has 3 rings (SSSR count). The average molecular weight is 325 g/mol. The van der Waals surface area contributed by atoms with Gasteiger partial charge in [0.1, 0.15) is 11.8 Å². The Balaban J connectivity index is 1.78. The largest absolute Gasteiger partial charge is 0.443 e. The first-order valence-corrected chi connectivity index (χ1v) is 8.20. The average Bonchev–Trinajstić information content (AvgIpc) is 2.91. The summed E-state index contributed by atoms with van der Waals surface area (Å²) < 4.78 is 11.6. The van der Waals surface area contributed by atoms with Crippen LogP contribution in [0.3, 0.4) is 0 Å². The summed E-state index contributed by atoms with van der Waals surface area (Å²) in [6.45, 7) is 6.06. The molecular weight excluding hydrogens is 302 g/mol. The van der Waals surface area contributed by atoms with Crippen LogP contribution in [0.2, 0.25) is 0 Å². The Bertz CT molecular complexity index is 706. The fraction of sp³-hybridized carbons (Fsp3) is 0.350. The zero-order valence-electron chi connectivity index (χ0n) is 14.4. The fourth-order valence-corrected chi connectivity index (χ4v) is 2.78. The van der Waals surface area contributed by atoms with E-state index in [1.165, 1.54) is 0 Å². The molecule has 1 aliphatic heterocycles. The third-order valence-corrected chi connectivity index (χ3v) is 3.81. The monoisotopic (exact) mass is 325 g/mol. The zero-order valence-corrected chi connectivity index (χ0v) is 14.4. The number of para-hydroxylation sites is 1. The molecule has 0 spiro atoms. The lowest BCUT2D eigenvalue weighted by Crippen LogP contribution is -2.42. The van der Waals surface area contributed by atoms with E-state index < -0.39 is 5.60 Å². The number of hydrogen-bond acceptors (Lipinski definition) is 3. The van der Waals surface area contributed by atoms with Gasteiger partial charge in [-0.15, -0.1) is 0 Å². The van der Waals surface area contributed by atoms with E-state index in [4.69, 9.17) is 9.47 Å². The van der Waals surface area contributed by atoms with Crippen molar-refractivity contribution < 1.29 is 14.3 Å². The van der Waals surface area contributed by atoms with Crippen LogP contribution in [0.1, 0.15) is 31.9 Å². The predicted octanol–water partition coefficient (Wildman–Crippen LogP) is 4.53. The number of carbonyl (C=O) groups is 1. The SMILES string of the molecule is CC(C)(C)OC(=O)N1c2ccccc2CC1OCc1ccccc1. The van der Waals surface area contributed by atoms with E-state index in [9.17, 15) is 4.79 Å². The molecule has 0 saturated carbocycles. The lowest BCUT2D eigenvalue weighted by atomic mass is 10.2. The van der Waals surface area contributed by atoms with Gasteiger partial charge in [-0.1, -0.05) is 48.5 Å². The van der Waals surface area contributed by atoms with Crippen LogP contribution in [0, 0.1) is 0 Å². The fourth-order valence-electron chi connectivity index (χ4n) is 2.78. The lowest BCUT2D eigenvalue weighted by molar-refractivity contribution is 0.0216. The van der Waals surface area contributed by atoms with E-state index >= 15 is 0 Å². The molecule has 4 heteroatoms. The second-order valence-corrected chi connectivity index (χ2v) is 6.93. The van der Waals surface area contributed by atoms with Crippen molar-refractivity contribution in [2.24, 2.45) is 0 Å². The Labute approximate surface area is 143 Å². The van der Waals surface area contributed by atoms with Gasteiger partial charge in [0.05, 0.1) is 12.3 Å². The Morgan fingerprint density at radius 3 is 2.46 bits per heavy atom. The second kappa shape index (κ2) is 6.65. The summed E-state index contributed by atoms with van der Waals surface area (Å²) in [6, 6.07) is 17.8. The molecule has 0 bridgehead atoms.